The molecule has 0 saturated heterocycles. The Balaban J connectivity index is 3.62. The highest BCUT2D eigenvalue weighted by molar-refractivity contribution is 5.70. The van der Waals surface area contributed by atoms with Gasteiger partial charge in [0.05, 0.1) is 6.61 Å². The standard InChI is InChI=1S/C39H70O5/c1-3-5-7-9-11-13-15-17-19-21-23-25-27-29-31-33-38(41)43-36-37(35-40)44-39(42)34-32-30-28-26-24-22-20-18-16-14-12-10-8-6-4-2/h12,14,18,20,24,26,37,40H,3-11,13,15-17,19,21-23,25,27-36H2,1-2H3. The summed E-state index contributed by atoms with van der Waals surface area (Å²) in [5.74, 6) is -0.633. The molecule has 0 spiro atoms. The molecule has 0 aliphatic carbocycles. The molecule has 0 aromatic rings. The highest BCUT2D eigenvalue weighted by atomic mass is 16.6. The lowest BCUT2D eigenvalue weighted by Crippen LogP contribution is -2.28. The fraction of sp³-hybridized carbons (Fsp3) is 0.795. The summed E-state index contributed by atoms with van der Waals surface area (Å²) in [6, 6.07) is 0. The minimum Gasteiger partial charge on any atom is -0.462 e. The van der Waals surface area contributed by atoms with Crippen LogP contribution in [0.3, 0.4) is 0 Å². The Hall–Kier alpha value is -1.88. The second kappa shape index (κ2) is 35.6. The van der Waals surface area contributed by atoms with E-state index >= 15 is 0 Å². The third-order valence-corrected chi connectivity index (χ3v) is 7.94. The minimum absolute atomic E-state index is 0.0787. The molecule has 0 aromatic heterocycles. The van der Waals surface area contributed by atoms with Gasteiger partial charge >= 0.3 is 11.9 Å². The van der Waals surface area contributed by atoms with E-state index in [1.165, 1.54) is 103 Å². The Morgan fingerprint density at radius 3 is 1.41 bits per heavy atom. The molecule has 0 saturated carbocycles. The Morgan fingerprint density at radius 1 is 0.523 bits per heavy atom. The van der Waals surface area contributed by atoms with Crippen molar-refractivity contribution < 1.29 is 24.2 Å². The number of ether oxygens (including phenoxy) is 2. The first-order chi connectivity index (χ1) is 21.6. The number of aliphatic hydroxyl groups excluding tert-OH is 1. The maximum atomic E-state index is 12.1. The molecule has 0 amide bonds. The van der Waals surface area contributed by atoms with Crippen LogP contribution in [0, 0.1) is 0 Å². The van der Waals surface area contributed by atoms with Gasteiger partial charge in [-0.05, 0) is 51.4 Å². The number of rotatable bonds is 33. The maximum Gasteiger partial charge on any atom is 0.306 e. The lowest BCUT2D eigenvalue weighted by atomic mass is 10.0. The van der Waals surface area contributed by atoms with Crippen LogP contribution in [0.4, 0.5) is 0 Å². The first kappa shape index (κ1) is 42.1. The van der Waals surface area contributed by atoms with Gasteiger partial charge in [0, 0.05) is 12.8 Å². The van der Waals surface area contributed by atoms with Gasteiger partial charge in [0.15, 0.2) is 6.10 Å². The molecule has 0 heterocycles. The molecule has 0 fully saturated rings. The van der Waals surface area contributed by atoms with Gasteiger partial charge < -0.3 is 14.6 Å². The molecule has 0 bridgehead atoms. The Labute approximate surface area is 272 Å². The molecule has 0 aliphatic rings. The van der Waals surface area contributed by atoms with Crippen LogP contribution >= 0.6 is 0 Å². The van der Waals surface area contributed by atoms with E-state index in [0.29, 0.717) is 12.8 Å². The molecule has 5 nitrogen and oxygen atoms in total. The van der Waals surface area contributed by atoms with Crippen LogP contribution in [0.1, 0.15) is 181 Å². The summed E-state index contributed by atoms with van der Waals surface area (Å²) in [6.07, 6.45) is 42.0. The van der Waals surface area contributed by atoms with Crippen LogP contribution in [-0.4, -0.2) is 36.4 Å². The monoisotopic (exact) mass is 619 g/mol. The van der Waals surface area contributed by atoms with Gasteiger partial charge in [-0.25, -0.2) is 0 Å². The van der Waals surface area contributed by atoms with Gasteiger partial charge in [0.2, 0.25) is 0 Å². The second-order valence-electron chi connectivity index (χ2n) is 12.3. The smallest absolute Gasteiger partial charge is 0.306 e. The summed E-state index contributed by atoms with van der Waals surface area (Å²) in [4.78, 5) is 24.2. The molecule has 1 atom stereocenters. The number of hydrogen-bond donors (Lipinski definition) is 1. The second-order valence-corrected chi connectivity index (χ2v) is 12.3. The van der Waals surface area contributed by atoms with Crippen molar-refractivity contribution in [3.63, 3.8) is 0 Å². The third kappa shape index (κ3) is 33.0. The Bertz CT molecular complexity index is 711. The normalized spacial score (nSPS) is 12.5. The summed E-state index contributed by atoms with van der Waals surface area (Å²) in [5.41, 5.74) is 0. The zero-order valence-electron chi connectivity index (χ0n) is 28.9. The summed E-state index contributed by atoms with van der Waals surface area (Å²) in [6.45, 7) is 4.07. The zero-order chi connectivity index (χ0) is 32.2. The number of carbonyl (C=O) groups excluding carboxylic acids is 2. The molecule has 1 unspecified atom stereocenters. The molecular formula is C39H70O5. The summed E-state index contributed by atoms with van der Waals surface area (Å²) in [7, 11) is 0. The van der Waals surface area contributed by atoms with E-state index in [1.807, 2.05) is 0 Å². The minimum atomic E-state index is -0.787. The van der Waals surface area contributed by atoms with Crippen molar-refractivity contribution in [3.8, 4) is 0 Å². The third-order valence-electron chi connectivity index (χ3n) is 7.94. The van der Waals surface area contributed by atoms with Gasteiger partial charge in [-0.15, -0.1) is 0 Å². The maximum absolute atomic E-state index is 12.1. The molecular weight excluding hydrogens is 548 g/mol. The van der Waals surface area contributed by atoms with Crippen molar-refractivity contribution in [1.29, 1.82) is 0 Å². The lowest BCUT2D eigenvalue weighted by molar-refractivity contribution is -0.161. The van der Waals surface area contributed by atoms with Gasteiger partial charge in [-0.2, -0.15) is 0 Å². The largest absolute Gasteiger partial charge is 0.462 e. The van der Waals surface area contributed by atoms with Gasteiger partial charge in [0.1, 0.15) is 6.61 Å². The number of unbranched alkanes of at least 4 members (excludes halogenated alkanes) is 19. The Kier molecular flexibility index (Phi) is 34.1. The van der Waals surface area contributed by atoms with E-state index in [-0.39, 0.29) is 25.2 Å². The van der Waals surface area contributed by atoms with Crippen molar-refractivity contribution in [3.05, 3.63) is 36.5 Å². The highest BCUT2D eigenvalue weighted by Gasteiger charge is 2.16. The molecule has 0 aliphatic heterocycles. The zero-order valence-corrected chi connectivity index (χ0v) is 28.9. The van der Waals surface area contributed by atoms with E-state index in [2.05, 4.69) is 50.3 Å². The van der Waals surface area contributed by atoms with E-state index < -0.39 is 6.10 Å². The molecule has 0 radical (unpaired) electrons. The average molecular weight is 619 g/mol. The predicted octanol–water partition coefficient (Wildman–Crippen LogP) is 11.3. The van der Waals surface area contributed by atoms with Crippen LogP contribution in [-0.2, 0) is 19.1 Å². The number of aliphatic hydroxyl groups is 1. The first-order valence-electron chi connectivity index (χ1n) is 18.5. The lowest BCUT2D eigenvalue weighted by Gasteiger charge is -2.15. The summed E-state index contributed by atoms with van der Waals surface area (Å²) >= 11 is 0. The van der Waals surface area contributed by atoms with E-state index in [1.54, 1.807) is 0 Å². The van der Waals surface area contributed by atoms with Gasteiger partial charge in [0.25, 0.3) is 0 Å². The fourth-order valence-corrected chi connectivity index (χ4v) is 5.09. The number of allylic oxidation sites excluding steroid dienone is 6. The summed E-state index contributed by atoms with van der Waals surface area (Å²) < 4.78 is 10.6. The van der Waals surface area contributed by atoms with Crippen LogP contribution in [0.2, 0.25) is 0 Å². The van der Waals surface area contributed by atoms with Gasteiger partial charge in [-0.3, -0.25) is 9.59 Å². The van der Waals surface area contributed by atoms with Crippen molar-refractivity contribution in [2.45, 2.75) is 187 Å². The molecule has 256 valence electrons. The fourth-order valence-electron chi connectivity index (χ4n) is 5.09. The number of carbonyl (C=O) groups is 2. The number of esters is 2. The van der Waals surface area contributed by atoms with Crippen molar-refractivity contribution in [2.24, 2.45) is 0 Å². The topological polar surface area (TPSA) is 72.8 Å². The van der Waals surface area contributed by atoms with Crippen molar-refractivity contribution in [2.75, 3.05) is 13.2 Å². The SMILES string of the molecule is CCCCCC=CCC=CCC=CCCCCC(=O)OC(CO)COC(=O)CCCCCCCCCCCCCCCCC. The van der Waals surface area contributed by atoms with Gasteiger partial charge in [-0.1, -0.05) is 153 Å². The molecule has 44 heavy (non-hydrogen) atoms. The average Bonchev–Trinajstić information content (AvgIpc) is 3.02. The van der Waals surface area contributed by atoms with Crippen molar-refractivity contribution in [1.82, 2.24) is 0 Å². The quantitative estimate of drug-likeness (QED) is 0.0450. The number of hydrogen-bond acceptors (Lipinski definition) is 5. The van der Waals surface area contributed by atoms with Crippen LogP contribution in [0.5, 0.6) is 0 Å². The van der Waals surface area contributed by atoms with E-state index in [9.17, 15) is 14.7 Å². The van der Waals surface area contributed by atoms with Crippen LogP contribution in [0.15, 0.2) is 36.5 Å². The molecule has 0 rings (SSSR count). The van der Waals surface area contributed by atoms with Crippen LogP contribution in [0.25, 0.3) is 0 Å². The van der Waals surface area contributed by atoms with E-state index in [4.69, 9.17) is 9.47 Å². The van der Waals surface area contributed by atoms with Crippen molar-refractivity contribution >= 4 is 11.9 Å². The predicted molar refractivity (Wildman–Crippen MR) is 187 cm³/mol. The summed E-state index contributed by atoms with van der Waals surface area (Å²) in [5, 5.41) is 9.52. The van der Waals surface area contributed by atoms with Crippen LogP contribution < -0.4 is 0 Å². The first-order valence-corrected chi connectivity index (χ1v) is 18.5. The molecule has 5 heteroatoms. The molecule has 0 aromatic carbocycles. The Morgan fingerprint density at radius 2 is 0.909 bits per heavy atom. The molecule has 1 N–H and O–H groups in total. The van der Waals surface area contributed by atoms with E-state index in [0.717, 1.165) is 51.4 Å². The highest BCUT2D eigenvalue weighted by Crippen LogP contribution is 2.14.